The van der Waals surface area contributed by atoms with Gasteiger partial charge in [-0.15, -0.1) is 0 Å². The molecule has 21 heavy (non-hydrogen) atoms. The minimum absolute atomic E-state index is 0.116. The van der Waals surface area contributed by atoms with Crippen molar-refractivity contribution >= 4 is 5.78 Å². The molecule has 0 N–H and O–H groups in total. The van der Waals surface area contributed by atoms with Gasteiger partial charge in [0.05, 0.1) is 6.04 Å². The Labute approximate surface area is 127 Å². The largest absolute Gasteiger partial charge is 0.346 e. The van der Waals surface area contributed by atoms with Gasteiger partial charge in [0, 0.05) is 36.5 Å². The summed E-state index contributed by atoms with van der Waals surface area (Å²) < 4.78 is 2.48. The lowest BCUT2D eigenvalue weighted by Crippen LogP contribution is -2.38. The molecule has 1 aliphatic carbocycles. The maximum absolute atomic E-state index is 12.4. The Morgan fingerprint density at radius 1 is 1.10 bits per heavy atom. The molecule has 1 aromatic heterocycles. The first-order chi connectivity index (χ1) is 10.1. The molecule has 0 aromatic carbocycles. The molecule has 3 nitrogen and oxygen atoms in total. The SMILES string of the molecule is CC1(C)CC(=O)c2ccn(C3CCN4CCCCC34)c2C1. The van der Waals surface area contributed by atoms with Crippen LogP contribution in [0, 0.1) is 5.41 Å². The van der Waals surface area contributed by atoms with Crippen LogP contribution >= 0.6 is 0 Å². The van der Waals surface area contributed by atoms with Gasteiger partial charge >= 0.3 is 0 Å². The number of fused-ring (bicyclic) bond motifs is 2. The van der Waals surface area contributed by atoms with Crippen LogP contribution in [0.4, 0.5) is 0 Å². The van der Waals surface area contributed by atoms with Gasteiger partial charge in [-0.3, -0.25) is 9.69 Å². The van der Waals surface area contributed by atoms with Crippen molar-refractivity contribution in [1.82, 2.24) is 9.47 Å². The molecule has 0 amide bonds. The maximum Gasteiger partial charge on any atom is 0.165 e. The van der Waals surface area contributed by atoms with E-state index in [0.29, 0.717) is 24.3 Å². The van der Waals surface area contributed by atoms with Crippen LogP contribution < -0.4 is 0 Å². The average Bonchev–Trinajstić information content (AvgIpc) is 3.00. The monoisotopic (exact) mass is 286 g/mol. The van der Waals surface area contributed by atoms with Gasteiger partial charge in [0.25, 0.3) is 0 Å². The Morgan fingerprint density at radius 3 is 2.81 bits per heavy atom. The molecule has 4 rings (SSSR count). The number of carbonyl (C=O) groups excluding carboxylic acids is 1. The molecule has 2 atom stereocenters. The van der Waals surface area contributed by atoms with Gasteiger partial charge in [-0.05, 0) is 43.7 Å². The first-order valence-corrected chi connectivity index (χ1v) is 8.52. The van der Waals surface area contributed by atoms with Gasteiger partial charge in [0.1, 0.15) is 0 Å². The fourth-order valence-corrected chi connectivity index (χ4v) is 4.82. The van der Waals surface area contributed by atoms with E-state index < -0.39 is 0 Å². The number of hydrogen-bond donors (Lipinski definition) is 0. The summed E-state index contributed by atoms with van der Waals surface area (Å²) in [5, 5.41) is 0. The maximum atomic E-state index is 12.4. The van der Waals surface area contributed by atoms with Crippen LogP contribution in [0.1, 0.15) is 68.0 Å². The van der Waals surface area contributed by atoms with E-state index in [1.807, 2.05) is 0 Å². The molecule has 2 aliphatic heterocycles. The zero-order chi connectivity index (χ0) is 14.6. The van der Waals surface area contributed by atoms with Crippen molar-refractivity contribution in [1.29, 1.82) is 0 Å². The molecule has 2 unspecified atom stereocenters. The Bertz CT molecular complexity index is 572. The van der Waals surface area contributed by atoms with Crippen molar-refractivity contribution in [2.45, 2.75) is 64.5 Å². The molecule has 0 bridgehead atoms. The first-order valence-electron chi connectivity index (χ1n) is 8.52. The van der Waals surface area contributed by atoms with Crippen molar-refractivity contribution in [3.63, 3.8) is 0 Å². The third-order valence-electron chi connectivity index (χ3n) is 5.79. The smallest absolute Gasteiger partial charge is 0.165 e. The number of Topliss-reactive ketones (excluding diaryl/α,β-unsaturated/α-hetero) is 1. The molecule has 2 saturated heterocycles. The van der Waals surface area contributed by atoms with Crippen LogP contribution in [0.15, 0.2) is 12.3 Å². The topological polar surface area (TPSA) is 25.2 Å². The number of aromatic nitrogens is 1. The lowest BCUT2D eigenvalue weighted by Gasteiger charge is -2.35. The van der Waals surface area contributed by atoms with Crippen LogP contribution in [0.2, 0.25) is 0 Å². The highest BCUT2D eigenvalue weighted by molar-refractivity contribution is 5.98. The van der Waals surface area contributed by atoms with Gasteiger partial charge in [0.15, 0.2) is 5.78 Å². The quantitative estimate of drug-likeness (QED) is 0.790. The highest BCUT2D eigenvalue weighted by atomic mass is 16.1. The summed E-state index contributed by atoms with van der Waals surface area (Å²) in [6.45, 7) is 6.97. The third-order valence-corrected chi connectivity index (χ3v) is 5.79. The molecule has 3 heterocycles. The van der Waals surface area contributed by atoms with E-state index in [4.69, 9.17) is 0 Å². The van der Waals surface area contributed by atoms with Crippen molar-refractivity contribution in [2.24, 2.45) is 5.41 Å². The van der Waals surface area contributed by atoms with Crippen LogP contribution in [0.25, 0.3) is 0 Å². The number of piperidine rings is 1. The molecule has 3 aliphatic rings. The van der Waals surface area contributed by atoms with Gasteiger partial charge in [-0.25, -0.2) is 0 Å². The zero-order valence-electron chi connectivity index (χ0n) is 13.3. The van der Waals surface area contributed by atoms with Crippen LogP contribution in [0.3, 0.4) is 0 Å². The van der Waals surface area contributed by atoms with E-state index in [2.05, 4.69) is 35.6 Å². The number of nitrogens with zero attached hydrogens (tertiary/aromatic N) is 2. The van der Waals surface area contributed by atoms with E-state index in [0.717, 1.165) is 12.0 Å². The van der Waals surface area contributed by atoms with E-state index in [-0.39, 0.29) is 5.41 Å². The van der Waals surface area contributed by atoms with Crippen LogP contribution in [0.5, 0.6) is 0 Å². The van der Waals surface area contributed by atoms with Crippen molar-refractivity contribution in [3.8, 4) is 0 Å². The Balaban J connectivity index is 1.69. The predicted molar refractivity (Wildman–Crippen MR) is 83.7 cm³/mol. The molecule has 114 valence electrons. The molecule has 3 heteroatoms. The summed E-state index contributed by atoms with van der Waals surface area (Å²) in [7, 11) is 0. The van der Waals surface area contributed by atoms with E-state index in [9.17, 15) is 4.79 Å². The number of carbonyl (C=O) groups is 1. The number of ketones is 1. The number of rotatable bonds is 1. The van der Waals surface area contributed by atoms with Gasteiger partial charge in [-0.1, -0.05) is 20.3 Å². The average molecular weight is 286 g/mol. The van der Waals surface area contributed by atoms with Crippen molar-refractivity contribution in [3.05, 3.63) is 23.5 Å². The fraction of sp³-hybridized carbons (Fsp3) is 0.722. The summed E-state index contributed by atoms with van der Waals surface area (Å²) in [6, 6.07) is 3.38. The second-order valence-corrected chi connectivity index (χ2v) is 7.98. The molecule has 0 spiro atoms. The fourth-order valence-electron chi connectivity index (χ4n) is 4.82. The predicted octanol–water partition coefficient (Wildman–Crippen LogP) is 3.44. The molecule has 2 fully saturated rings. The highest BCUT2D eigenvalue weighted by Crippen LogP contribution is 2.41. The van der Waals surface area contributed by atoms with E-state index in [1.165, 1.54) is 44.5 Å². The summed E-state index contributed by atoms with van der Waals surface area (Å²) in [5.74, 6) is 0.346. The van der Waals surface area contributed by atoms with Crippen LogP contribution in [-0.2, 0) is 6.42 Å². The van der Waals surface area contributed by atoms with Crippen molar-refractivity contribution < 1.29 is 4.79 Å². The summed E-state index contributed by atoms with van der Waals surface area (Å²) in [5.41, 5.74) is 2.43. The number of hydrogen-bond acceptors (Lipinski definition) is 2. The second kappa shape index (κ2) is 4.70. The standard InChI is InChI=1S/C18H26N2O/c1-18(2)11-16-13(17(21)12-18)6-10-20(16)15-7-9-19-8-4-3-5-14(15)19/h6,10,14-15H,3-5,7-9,11-12H2,1-2H3. The van der Waals surface area contributed by atoms with Gasteiger partial charge in [0.2, 0.25) is 0 Å². The lowest BCUT2D eigenvalue weighted by atomic mass is 9.76. The first kappa shape index (κ1) is 13.6. The molecular weight excluding hydrogens is 260 g/mol. The molecular formula is C18H26N2O. The highest BCUT2D eigenvalue weighted by Gasteiger charge is 2.40. The van der Waals surface area contributed by atoms with E-state index in [1.54, 1.807) is 0 Å². The zero-order valence-corrected chi connectivity index (χ0v) is 13.3. The Kier molecular flexibility index (Phi) is 3.04. The minimum Gasteiger partial charge on any atom is -0.346 e. The van der Waals surface area contributed by atoms with Crippen LogP contribution in [-0.4, -0.2) is 34.4 Å². The van der Waals surface area contributed by atoms with Gasteiger partial charge in [-0.2, -0.15) is 0 Å². The van der Waals surface area contributed by atoms with Crippen molar-refractivity contribution in [2.75, 3.05) is 13.1 Å². The Hall–Kier alpha value is -1.09. The molecule has 0 radical (unpaired) electrons. The third kappa shape index (κ3) is 2.17. The lowest BCUT2D eigenvalue weighted by molar-refractivity contribution is 0.0908. The summed E-state index contributed by atoms with van der Waals surface area (Å²) >= 11 is 0. The normalized spacial score (nSPS) is 32.0. The molecule has 0 saturated carbocycles. The second-order valence-electron chi connectivity index (χ2n) is 7.98. The minimum atomic E-state index is 0.116. The Morgan fingerprint density at radius 2 is 1.95 bits per heavy atom. The summed E-state index contributed by atoms with van der Waals surface area (Å²) in [4.78, 5) is 15.1. The molecule has 1 aromatic rings. The summed E-state index contributed by atoms with van der Waals surface area (Å²) in [6.07, 6.45) is 9.25. The van der Waals surface area contributed by atoms with E-state index >= 15 is 0 Å². The van der Waals surface area contributed by atoms with Gasteiger partial charge < -0.3 is 4.57 Å².